The lowest BCUT2D eigenvalue weighted by atomic mass is 9.79. The number of carbonyl (C=O) groups is 1. The van der Waals surface area contributed by atoms with Crippen LogP contribution < -0.4 is 10.6 Å². The average molecular weight is 331 g/mol. The van der Waals surface area contributed by atoms with E-state index in [0.29, 0.717) is 13.2 Å². The molecule has 4 nitrogen and oxygen atoms in total. The number of hydrogen-bond acceptors (Lipinski definition) is 3. The van der Waals surface area contributed by atoms with Crippen molar-refractivity contribution in [1.29, 1.82) is 0 Å². The largest absolute Gasteiger partial charge is 0.384 e. The molecule has 124 valence electrons. The summed E-state index contributed by atoms with van der Waals surface area (Å²) in [6.07, 6.45) is 2.27. The molecular weight excluding hydrogens is 307 g/mol. The van der Waals surface area contributed by atoms with Gasteiger partial charge in [-0.2, -0.15) is 0 Å². The van der Waals surface area contributed by atoms with Gasteiger partial charge in [-0.15, -0.1) is 12.4 Å². The molecule has 0 bridgehead atoms. The van der Waals surface area contributed by atoms with Crippen LogP contribution in [0.2, 0.25) is 0 Å². The van der Waals surface area contributed by atoms with E-state index in [1.54, 1.807) is 19.2 Å². The number of benzene rings is 1. The van der Waals surface area contributed by atoms with Gasteiger partial charge in [0.05, 0.1) is 13.0 Å². The minimum absolute atomic E-state index is 0. The van der Waals surface area contributed by atoms with Crippen LogP contribution in [0.15, 0.2) is 24.3 Å². The predicted molar refractivity (Wildman–Crippen MR) is 86.8 cm³/mol. The molecule has 1 aromatic rings. The van der Waals surface area contributed by atoms with Crippen molar-refractivity contribution in [2.75, 3.05) is 33.4 Å². The SMILES string of the molecule is COCC1(CNC(=O)Cc2ccc(F)cc2)CCNCC1.Cl. The molecule has 1 aromatic carbocycles. The number of rotatable bonds is 6. The van der Waals surface area contributed by atoms with Crippen LogP contribution >= 0.6 is 12.4 Å². The van der Waals surface area contributed by atoms with E-state index in [2.05, 4.69) is 10.6 Å². The summed E-state index contributed by atoms with van der Waals surface area (Å²) >= 11 is 0. The van der Waals surface area contributed by atoms with Gasteiger partial charge < -0.3 is 15.4 Å². The van der Waals surface area contributed by atoms with E-state index < -0.39 is 0 Å². The zero-order chi connectivity index (χ0) is 15.1. The molecule has 0 aromatic heterocycles. The van der Waals surface area contributed by atoms with Gasteiger partial charge in [-0.1, -0.05) is 12.1 Å². The Morgan fingerprint density at radius 1 is 1.32 bits per heavy atom. The van der Waals surface area contributed by atoms with Crippen molar-refractivity contribution in [2.24, 2.45) is 5.41 Å². The van der Waals surface area contributed by atoms with Crippen molar-refractivity contribution in [2.45, 2.75) is 19.3 Å². The Balaban J connectivity index is 0.00000242. The van der Waals surface area contributed by atoms with Crippen LogP contribution in [0.25, 0.3) is 0 Å². The Hall–Kier alpha value is -1.17. The second-order valence-electron chi connectivity index (χ2n) is 5.76. The zero-order valence-corrected chi connectivity index (χ0v) is 13.7. The molecule has 0 spiro atoms. The molecule has 6 heteroatoms. The Kier molecular flexibility index (Phi) is 7.79. The van der Waals surface area contributed by atoms with Crippen LogP contribution in [0.5, 0.6) is 0 Å². The van der Waals surface area contributed by atoms with E-state index in [0.717, 1.165) is 31.5 Å². The number of carbonyl (C=O) groups excluding carboxylic acids is 1. The first-order valence-corrected chi connectivity index (χ1v) is 7.34. The zero-order valence-electron chi connectivity index (χ0n) is 12.9. The molecule has 1 aliphatic rings. The fraction of sp³-hybridized carbons (Fsp3) is 0.562. The molecular formula is C16H24ClFN2O2. The van der Waals surface area contributed by atoms with Crippen LogP contribution in [-0.4, -0.2) is 39.3 Å². The lowest BCUT2D eigenvalue weighted by molar-refractivity contribution is -0.121. The molecule has 1 fully saturated rings. The Morgan fingerprint density at radius 3 is 2.55 bits per heavy atom. The molecule has 1 aliphatic heterocycles. The van der Waals surface area contributed by atoms with Gasteiger partial charge in [0.1, 0.15) is 5.82 Å². The third-order valence-electron chi connectivity index (χ3n) is 4.05. The molecule has 1 saturated heterocycles. The lowest BCUT2D eigenvalue weighted by Crippen LogP contribution is -2.47. The predicted octanol–water partition coefficient (Wildman–Crippen LogP) is 1.92. The number of hydrogen-bond donors (Lipinski definition) is 2. The fourth-order valence-corrected chi connectivity index (χ4v) is 2.77. The highest BCUT2D eigenvalue weighted by molar-refractivity contribution is 5.85. The van der Waals surface area contributed by atoms with Gasteiger partial charge in [-0.05, 0) is 43.6 Å². The molecule has 1 amide bonds. The van der Waals surface area contributed by atoms with Crippen LogP contribution in [0.3, 0.4) is 0 Å². The summed E-state index contributed by atoms with van der Waals surface area (Å²) in [7, 11) is 1.70. The van der Waals surface area contributed by atoms with E-state index in [-0.39, 0.29) is 36.0 Å². The molecule has 22 heavy (non-hydrogen) atoms. The standard InChI is InChI=1S/C16H23FN2O2.ClH/c1-21-12-16(6-8-18-9-7-16)11-19-15(20)10-13-2-4-14(17)5-3-13;/h2-5,18H,6-12H2,1H3,(H,19,20);1H. The Bertz CT molecular complexity index is 456. The average Bonchev–Trinajstić information content (AvgIpc) is 2.49. The summed E-state index contributed by atoms with van der Waals surface area (Å²) in [5.41, 5.74) is 0.846. The van der Waals surface area contributed by atoms with Crippen molar-refractivity contribution in [3.05, 3.63) is 35.6 Å². The summed E-state index contributed by atoms with van der Waals surface area (Å²) < 4.78 is 18.2. The molecule has 0 aliphatic carbocycles. The Morgan fingerprint density at radius 2 is 1.95 bits per heavy atom. The number of nitrogens with one attached hydrogen (secondary N) is 2. The van der Waals surface area contributed by atoms with Crippen LogP contribution in [0, 0.1) is 11.2 Å². The summed E-state index contributed by atoms with van der Waals surface area (Å²) in [5.74, 6) is -0.316. The van der Waals surface area contributed by atoms with Crippen molar-refractivity contribution in [3.63, 3.8) is 0 Å². The van der Waals surface area contributed by atoms with E-state index in [9.17, 15) is 9.18 Å². The maximum absolute atomic E-state index is 12.8. The molecule has 2 N–H and O–H groups in total. The van der Waals surface area contributed by atoms with Gasteiger partial charge in [0, 0.05) is 19.1 Å². The van der Waals surface area contributed by atoms with E-state index >= 15 is 0 Å². The van der Waals surface area contributed by atoms with Gasteiger partial charge in [-0.25, -0.2) is 4.39 Å². The topological polar surface area (TPSA) is 50.4 Å². The minimum atomic E-state index is -0.284. The first-order chi connectivity index (χ1) is 10.1. The number of piperidine rings is 1. The highest BCUT2D eigenvalue weighted by atomic mass is 35.5. The summed E-state index contributed by atoms with van der Waals surface area (Å²) in [5, 5.41) is 6.33. The summed E-state index contributed by atoms with van der Waals surface area (Å²) in [6.45, 7) is 3.20. The van der Waals surface area contributed by atoms with E-state index in [1.165, 1.54) is 12.1 Å². The fourth-order valence-electron chi connectivity index (χ4n) is 2.77. The molecule has 0 unspecified atom stereocenters. The van der Waals surface area contributed by atoms with E-state index in [1.807, 2.05) is 0 Å². The van der Waals surface area contributed by atoms with Crippen LogP contribution in [0.1, 0.15) is 18.4 Å². The van der Waals surface area contributed by atoms with Crippen LogP contribution in [0.4, 0.5) is 4.39 Å². The summed E-state index contributed by atoms with van der Waals surface area (Å²) in [6, 6.07) is 6.04. The highest BCUT2D eigenvalue weighted by Crippen LogP contribution is 2.28. The van der Waals surface area contributed by atoms with Gasteiger partial charge in [0.2, 0.25) is 5.91 Å². The Labute approximate surface area is 137 Å². The van der Waals surface area contributed by atoms with Crippen molar-refractivity contribution in [3.8, 4) is 0 Å². The number of methoxy groups -OCH3 is 1. The molecule has 0 atom stereocenters. The number of amides is 1. The molecule has 2 rings (SSSR count). The maximum Gasteiger partial charge on any atom is 0.224 e. The normalized spacial score (nSPS) is 16.6. The quantitative estimate of drug-likeness (QED) is 0.838. The van der Waals surface area contributed by atoms with Gasteiger partial charge in [0.15, 0.2) is 0 Å². The van der Waals surface area contributed by atoms with E-state index in [4.69, 9.17) is 4.74 Å². The second-order valence-corrected chi connectivity index (χ2v) is 5.76. The second kappa shape index (κ2) is 9.08. The number of halogens is 2. The lowest BCUT2D eigenvalue weighted by Gasteiger charge is -2.37. The smallest absolute Gasteiger partial charge is 0.224 e. The third-order valence-corrected chi connectivity index (χ3v) is 4.05. The third kappa shape index (κ3) is 5.55. The van der Waals surface area contributed by atoms with Gasteiger partial charge >= 0.3 is 0 Å². The molecule has 1 heterocycles. The van der Waals surface area contributed by atoms with Gasteiger partial charge in [0.25, 0.3) is 0 Å². The first-order valence-electron chi connectivity index (χ1n) is 7.34. The monoisotopic (exact) mass is 330 g/mol. The molecule has 0 radical (unpaired) electrons. The van der Waals surface area contributed by atoms with Crippen LogP contribution in [-0.2, 0) is 16.0 Å². The van der Waals surface area contributed by atoms with Crippen molar-refractivity contribution in [1.82, 2.24) is 10.6 Å². The summed E-state index contributed by atoms with van der Waals surface area (Å²) in [4.78, 5) is 12.0. The van der Waals surface area contributed by atoms with Gasteiger partial charge in [-0.3, -0.25) is 4.79 Å². The minimum Gasteiger partial charge on any atom is -0.384 e. The first kappa shape index (κ1) is 18.9. The van der Waals surface area contributed by atoms with Crippen molar-refractivity contribution < 1.29 is 13.9 Å². The maximum atomic E-state index is 12.8. The van der Waals surface area contributed by atoms with Crippen molar-refractivity contribution >= 4 is 18.3 Å². The molecule has 0 saturated carbocycles. The highest BCUT2D eigenvalue weighted by Gasteiger charge is 2.32. The number of ether oxygens (including phenoxy) is 1.